The van der Waals surface area contributed by atoms with Gasteiger partial charge in [0.25, 0.3) is 0 Å². The first-order chi connectivity index (χ1) is 34.9. The first-order valence-electron chi connectivity index (χ1n) is 24.3. The van der Waals surface area contributed by atoms with Gasteiger partial charge in [-0.15, -0.1) is 0 Å². The van der Waals surface area contributed by atoms with Gasteiger partial charge in [0.05, 0.1) is 37.3 Å². The highest BCUT2D eigenvalue weighted by Gasteiger charge is 2.38. The molecule has 4 heterocycles. The number of methoxy groups -OCH3 is 5. The largest absolute Gasteiger partial charge is 0.462 e. The van der Waals surface area contributed by atoms with Crippen LogP contribution in [0.25, 0.3) is 29.2 Å². The molecule has 0 fully saturated rings. The van der Waals surface area contributed by atoms with E-state index in [2.05, 4.69) is 15.0 Å². The first-order valence-corrected chi connectivity index (χ1v) is 24.3. The number of esters is 3. The van der Waals surface area contributed by atoms with Crippen LogP contribution in [0.4, 0.5) is 0 Å². The number of oxazole rings is 3. The Morgan fingerprint density at radius 3 is 2.21 bits per heavy atom. The molecule has 73 heavy (non-hydrogen) atoms. The van der Waals surface area contributed by atoms with Crippen molar-refractivity contribution in [3.05, 3.63) is 60.9 Å². The number of ether oxygens (including phenoxy) is 8. The molecule has 0 spiro atoms. The van der Waals surface area contributed by atoms with Crippen molar-refractivity contribution in [3.8, 4) is 23.2 Å². The van der Waals surface area contributed by atoms with Gasteiger partial charge < -0.3 is 61.2 Å². The van der Waals surface area contributed by atoms with E-state index in [9.17, 15) is 29.1 Å². The number of aliphatic hydroxyl groups is 1. The molecule has 1 aliphatic rings. The fraction of sp³-hybridized carbons (Fsp3) is 0.615. The van der Waals surface area contributed by atoms with Crippen LogP contribution in [-0.4, -0.2) is 147 Å². The Kier molecular flexibility index (Phi) is 24.3. The molecule has 3 aromatic heterocycles. The van der Waals surface area contributed by atoms with Crippen molar-refractivity contribution < 1.29 is 80.2 Å². The summed E-state index contributed by atoms with van der Waals surface area (Å²) in [5.74, 6) is -3.99. The number of carbonyl (C=O) groups is 5. The van der Waals surface area contributed by atoms with Crippen LogP contribution in [0.3, 0.4) is 0 Å². The summed E-state index contributed by atoms with van der Waals surface area (Å²) in [4.78, 5) is 79.2. The van der Waals surface area contributed by atoms with E-state index in [0.717, 1.165) is 0 Å². The molecule has 6 bridgehead atoms. The summed E-state index contributed by atoms with van der Waals surface area (Å²) in [6.45, 7) is 10.4. The van der Waals surface area contributed by atoms with Crippen molar-refractivity contribution in [1.82, 2.24) is 19.9 Å². The van der Waals surface area contributed by atoms with Gasteiger partial charge >= 0.3 is 17.9 Å². The second-order valence-corrected chi connectivity index (χ2v) is 18.5. The lowest BCUT2D eigenvalue weighted by molar-refractivity contribution is -0.173. The maximum absolute atomic E-state index is 13.7. The van der Waals surface area contributed by atoms with Crippen LogP contribution in [0.1, 0.15) is 97.8 Å². The van der Waals surface area contributed by atoms with Gasteiger partial charge in [0, 0.05) is 79.9 Å². The van der Waals surface area contributed by atoms with E-state index in [1.807, 2.05) is 33.8 Å². The minimum Gasteiger partial charge on any atom is -0.462 e. The Bertz CT molecular complexity index is 2290. The lowest BCUT2D eigenvalue weighted by atomic mass is 9.83. The predicted molar refractivity (Wildman–Crippen MR) is 263 cm³/mol. The number of aromatic nitrogens is 3. The van der Waals surface area contributed by atoms with Crippen LogP contribution in [0.5, 0.6) is 0 Å². The third kappa shape index (κ3) is 17.7. The minimum atomic E-state index is -1.19. The number of ketones is 1. The molecule has 1 amide bonds. The summed E-state index contributed by atoms with van der Waals surface area (Å²) in [6.07, 6.45) is 8.87. The molecule has 0 radical (unpaired) electrons. The Labute approximate surface area is 426 Å². The number of nitrogens with zero attached hydrogens (tertiary/aromatic N) is 4. The van der Waals surface area contributed by atoms with Gasteiger partial charge in [-0.3, -0.25) is 19.2 Å². The highest BCUT2D eigenvalue weighted by Crippen LogP contribution is 2.33. The van der Waals surface area contributed by atoms with E-state index in [0.29, 0.717) is 37.1 Å². The van der Waals surface area contributed by atoms with E-state index in [1.165, 1.54) is 64.1 Å². The second-order valence-electron chi connectivity index (χ2n) is 18.5. The molecule has 0 saturated heterocycles. The van der Waals surface area contributed by atoms with E-state index in [-0.39, 0.29) is 60.9 Å². The lowest BCUT2D eigenvalue weighted by Gasteiger charge is -2.35. The zero-order valence-electron chi connectivity index (χ0n) is 44.0. The normalized spacial score (nSPS) is 24.1. The highest BCUT2D eigenvalue weighted by atomic mass is 16.6. The van der Waals surface area contributed by atoms with Crippen LogP contribution >= 0.6 is 0 Å². The summed E-state index contributed by atoms with van der Waals surface area (Å²) in [5, 5.41) is 11.0. The van der Waals surface area contributed by atoms with Crippen molar-refractivity contribution in [2.75, 3.05) is 49.2 Å². The summed E-state index contributed by atoms with van der Waals surface area (Å²) in [6, 6.07) is 0. The number of fused-ring (bicyclic) bond motifs is 8. The molecule has 21 nitrogen and oxygen atoms in total. The van der Waals surface area contributed by atoms with E-state index >= 15 is 0 Å². The monoisotopic (exact) mass is 1030 g/mol. The fourth-order valence-corrected chi connectivity index (χ4v) is 8.59. The molecule has 1 aliphatic heterocycles. The first kappa shape index (κ1) is 59.7. The summed E-state index contributed by atoms with van der Waals surface area (Å²) < 4.78 is 63.6. The van der Waals surface area contributed by atoms with Crippen molar-refractivity contribution >= 4 is 36.2 Å². The van der Waals surface area contributed by atoms with Gasteiger partial charge in [0.2, 0.25) is 24.1 Å². The Balaban J connectivity index is 1.63. The third-order valence-corrected chi connectivity index (χ3v) is 13.1. The lowest BCUT2D eigenvalue weighted by Crippen LogP contribution is -2.42. The number of amides is 1. The molecular formula is C52H74N4O17. The topological polar surface area (TPSA) is 261 Å². The van der Waals surface area contributed by atoms with Crippen molar-refractivity contribution in [3.63, 3.8) is 0 Å². The zero-order chi connectivity index (χ0) is 53.8. The standard InChI is InChI=1S/C52H74N4O17/c1-30(19-20-42(73-52(62)45(66-11)28-63-8)34(5)48(71-35(6)58)31(2)21-22-56(7)29-57)43(65-10)24-44-33(4)41(64-9)17-14-18-46-53-38(26-68-46)50-55-39(27-70-50)51-54-37(25-69-51)49(67-12)32(3)40(60)16-13-15-36(59)23-47(61)72-44/h13-14,16,18,21-22,25-27,29-34,36,41-45,48-49,59H,15,17,19-20,23-24,28H2,1-12H3/b16-13+,18-14+,22-21+. The molecule has 0 aliphatic carbocycles. The number of cyclic esters (lactones) is 1. The van der Waals surface area contributed by atoms with Gasteiger partial charge in [-0.25, -0.2) is 19.7 Å². The number of hydrogen-bond acceptors (Lipinski definition) is 20. The molecule has 404 valence electrons. The van der Waals surface area contributed by atoms with Gasteiger partial charge in [-0.2, -0.15) is 0 Å². The molecule has 3 aromatic rings. The SMILES string of the molecule is COCC(OC)C(=O)OC(CCC(C)C(CC1OC(=O)CC(O)C/C=C/C(=O)C(C)C(OC)c2coc(n2)-c2coc(n2)-c2coc(n2)/C=C/CC(OC)C1C)OC)C(C)C(OC(C)=O)C(C)/C=C/N(C)C=O. The van der Waals surface area contributed by atoms with Gasteiger partial charge in [0.15, 0.2) is 23.3 Å². The van der Waals surface area contributed by atoms with Crippen LogP contribution in [-0.2, 0) is 61.9 Å². The quantitative estimate of drug-likeness (QED) is 0.0657. The van der Waals surface area contributed by atoms with Crippen LogP contribution in [0, 0.1) is 29.6 Å². The average molecular weight is 1030 g/mol. The molecule has 0 saturated carbocycles. The van der Waals surface area contributed by atoms with Gasteiger partial charge in [-0.1, -0.05) is 52.8 Å². The highest BCUT2D eigenvalue weighted by molar-refractivity contribution is 5.92. The molecule has 13 unspecified atom stereocenters. The van der Waals surface area contributed by atoms with Crippen molar-refractivity contribution in [1.29, 1.82) is 0 Å². The zero-order valence-corrected chi connectivity index (χ0v) is 44.0. The molecular weight excluding hydrogens is 953 g/mol. The smallest absolute Gasteiger partial charge is 0.337 e. The molecule has 21 heteroatoms. The number of allylic oxidation sites excluding steroid dienone is 1. The van der Waals surface area contributed by atoms with E-state index in [1.54, 1.807) is 46.5 Å². The van der Waals surface area contributed by atoms with E-state index in [4.69, 9.17) is 51.1 Å². The van der Waals surface area contributed by atoms with Crippen LogP contribution < -0.4 is 0 Å². The molecule has 13 atom stereocenters. The Morgan fingerprint density at radius 2 is 1.55 bits per heavy atom. The third-order valence-electron chi connectivity index (χ3n) is 13.1. The molecule has 4 rings (SSSR count). The maximum atomic E-state index is 13.7. The average Bonchev–Trinajstić information content (AvgIpc) is 4.17. The van der Waals surface area contributed by atoms with Gasteiger partial charge in [0.1, 0.15) is 48.9 Å². The van der Waals surface area contributed by atoms with Crippen molar-refractivity contribution in [2.24, 2.45) is 29.6 Å². The summed E-state index contributed by atoms with van der Waals surface area (Å²) >= 11 is 0. The number of hydrogen-bond donors (Lipinski definition) is 1. The maximum Gasteiger partial charge on any atom is 0.337 e. The second kappa shape index (κ2) is 29.8. The minimum absolute atomic E-state index is 0.0242. The van der Waals surface area contributed by atoms with Crippen LogP contribution in [0.15, 0.2) is 62.5 Å². The Hall–Kier alpha value is -5.84. The fourth-order valence-electron chi connectivity index (χ4n) is 8.59. The van der Waals surface area contributed by atoms with E-state index < -0.39 is 90.4 Å². The number of aliphatic hydroxyl groups excluding tert-OH is 1. The van der Waals surface area contributed by atoms with Gasteiger partial charge in [-0.05, 0) is 43.8 Å². The number of rotatable bonds is 21. The predicted octanol–water partition coefficient (Wildman–Crippen LogP) is 6.75. The summed E-state index contributed by atoms with van der Waals surface area (Å²) in [7, 11) is 8.95. The summed E-state index contributed by atoms with van der Waals surface area (Å²) in [5.41, 5.74) is 0.950. The van der Waals surface area contributed by atoms with Crippen molar-refractivity contribution in [2.45, 2.75) is 129 Å². The molecule has 1 N–H and O–H groups in total. The van der Waals surface area contributed by atoms with Crippen LogP contribution in [0.2, 0.25) is 0 Å². The number of carbonyl (C=O) groups excluding carboxylic acids is 5. The Morgan fingerprint density at radius 1 is 0.863 bits per heavy atom. The molecule has 0 aromatic carbocycles.